The molecule has 0 radical (unpaired) electrons. The van der Waals surface area contributed by atoms with E-state index in [9.17, 15) is 0 Å². The van der Waals surface area contributed by atoms with Gasteiger partial charge in [0, 0.05) is 12.8 Å². The molecule has 0 saturated heterocycles. The molecule has 0 aliphatic carbocycles. The van der Waals surface area contributed by atoms with Gasteiger partial charge in [-0.25, -0.2) is 0 Å². The summed E-state index contributed by atoms with van der Waals surface area (Å²) < 4.78 is 0. The van der Waals surface area contributed by atoms with Gasteiger partial charge >= 0.3 is 0 Å². The van der Waals surface area contributed by atoms with Crippen LogP contribution in [0.4, 0.5) is 0 Å². The number of rotatable bonds is 0. The van der Waals surface area contributed by atoms with Gasteiger partial charge in [-0.05, 0) is 17.8 Å². The Labute approximate surface area is 76.4 Å². The molecule has 0 amide bonds. The molecule has 1 unspecified atom stereocenters. The van der Waals surface area contributed by atoms with Crippen molar-refractivity contribution in [3.63, 3.8) is 0 Å². The normalized spacial score (nSPS) is 26.2. The fourth-order valence-corrected chi connectivity index (χ4v) is 1.44. The van der Waals surface area contributed by atoms with E-state index >= 15 is 0 Å². The van der Waals surface area contributed by atoms with Crippen molar-refractivity contribution in [3.05, 3.63) is 0 Å². The molecule has 2 nitrogen and oxygen atoms in total. The van der Waals surface area contributed by atoms with Crippen molar-refractivity contribution >= 4 is 6.21 Å². The largest absolute Gasteiger partial charge is 0.310 e. The van der Waals surface area contributed by atoms with Gasteiger partial charge in [0.2, 0.25) is 0 Å². The van der Waals surface area contributed by atoms with Crippen molar-refractivity contribution in [1.29, 1.82) is 0 Å². The van der Waals surface area contributed by atoms with E-state index in [0.717, 1.165) is 6.54 Å². The Hall–Kier alpha value is -0.530. The molecule has 0 fully saturated rings. The Morgan fingerprint density at radius 1 is 1.42 bits per heavy atom. The van der Waals surface area contributed by atoms with Gasteiger partial charge in [-0.15, -0.1) is 0 Å². The highest BCUT2D eigenvalue weighted by molar-refractivity contribution is 5.60. The van der Waals surface area contributed by atoms with Crippen LogP contribution in [0.3, 0.4) is 0 Å². The SMILES string of the molecule is CC.CC1C=NNCC(C)(C)C1. The molecule has 1 aliphatic rings. The van der Waals surface area contributed by atoms with Crippen LogP contribution in [0.5, 0.6) is 0 Å². The zero-order valence-electron chi connectivity index (χ0n) is 9.02. The van der Waals surface area contributed by atoms with E-state index in [2.05, 4.69) is 31.3 Å². The van der Waals surface area contributed by atoms with Gasteiger partial charge in [0.05, 0.1) is 0 Å². The second kappa shape index (κ2) is 5.18. The summed E-state index contributed by atoms with van der Waals surface area (Å²) in [7, 11) is 0. The first-order chi connectivity index (χ1) is 5.60. The first-order valence-electron chi connectivity index (χ1n) is 4.86. The van der Waals surface area contributed by atoms with E-state index in [0.29, 0.717) is 11.3 Å². The summed E-state index contributed by atoms with van der Waals surface area (Å²) in [5.74, 6) is 0.616. The number of hydrogen-bond acceptors (Lipinski definition) is 2. The van der Waals surface area contributed by atoms with E-state index in [-0.39, 0.29) is 0 Å². The van der Waals surface area contributed by atoms with E-state index in [1.54, 1.807) is 0 Å². The van der Waals surface area contributed by atoms with Crippen molar-refractivity contribution in [2.75, 3.05) is 6.54 Å². The molecule has 1 atom stereocenters. The first kappa shape index (κ1) is 11.5. The Balaban J connectivity index is 0.000000561. The average Bonchev–Trinajstić information content (AvgIpc) is 2.14. The average molecular weight is 170 g/mol. The smallest absolute Gasteiger partial charge is 0.0380 e. The van der Waals surface area contributed by atoms with Crippen LogP contribution in [0.25, 0.3) is 0 Å². The predicted molar refractivity (Wildman–Crippen MR) is 55.4 cm³/mol. The quantitative estimate of drug-likeness (QED) is 0.594. The minimum absolute atomic E-state index is 0.399. The van der Waals surface area contributed by atoms with Crippen LogP contribution >= 0.6 is 0 Å². The van der Waals surface area contributed by atoms with Gasteiger partial charge < -0.3 is 5.43 Å². The summed E-state index contributed by atoms with van der Waals surface area (Å²) in [6.07, 6.45) is 3.22. The van der Waals surface area contributed by atoms with Crippen LogP contribution in [0.1, 0.15) is 41.0 Å². The van der Waals surface area contributed by atoms with Gasteiger partial charge in [0.15, 0.2) is 0 Å². The van der Waals surface area contributed by atoms with Crippen molar-refractivity contribution < 1.29 is 0 Å². The number of hydrogen-bond donors (Lipinski definition) is 1. The third-order valence-corrected chi connectivity index (χ3v) is 1.85. The lowest BCUT2D eigenvalue weighted by atomic mass is 9.84. The molecule has 72 valence electrons. The highest BCUT2D eigenvalue weighted by Gasteiger charge is 2.21. The van der Waals surface area contributed by atoms with Crippen molar-refractivity contribution in [1.82, 2.24) is 5.43 Å². The summed E-state index contributed by atoms with van der Waals surface area (Å²) in [6, 6.07) is 0. The second-order valence-electron chi connectivity index (χ2n) is 3.96. The van der Waals surface area contributed by atoms with Crippen molar-refractivity contribution in [3.8, 4) is 0 Å². The van der Waals surface area contributed by atoms with Gasteiger partial charge in [-0.2, -0.15) is 5.10 Å². The van der Waals surface area contributed by atoms with E-state index in [1.165, 1.54) is 6.42 Å². The van der Waals surface area contributed by atoms with Crippen LogP contribution in [-0.2, 0) is 0 Å². The summed E-state index contributed by atoms with van der Waals surface area (Å²) in [4.78, 5) is 0. The van der Waals surface area contributed by atoms with Gasteiger partial charge in [0.25, 0.3) is 0 Å². The monoisotopic (exact) mass is 170 g/mol. The number of nitrogens with zero attached hydrogens (tertiary/aromatic N) is 1. The predicted octanol–water partition coefficient (Wildman–Crippen LogP) is 2.65. The third-order valence-electron chi connectivity index (χ3n) is 1.85. The summed E-state index contributed by atoms with van der Waals surface area (Å²) in [5.41, 5.74) is 3.44. The molecule has 0 aromatic heterocycles. The maximum absolute atomic E-state index is 4.07. The zero-order valence-corrected chi connectivity index (χ0v) is 9.02. The standard InChI is InChI=1S/C8H16N2.C2H6/c1-7-4-8(2,3)6-10-9-5-7;1-2/h5,7,10H,4,6H2,1-3H3;1-2H3. The Morgan fingerprint density at radius 3 is 2.58 bits per heavy atom. The minimum atomic E-state index is 0.399. The van der Waals surface area contributed by atoms with E-state index in [1.807, 2.05) is 20.1 Å². The molecule has 0 saturated carbocycles. The Bertz CT molecular complexity index is 139. The van der Waals surface area contributed by atoms with Crippen LogP contribution < -0.4 is 5.43 Å². The van der Waals surface area contributed by atoms with Crippen molar-refractivity contribution in [2.45, 2.75) is 41.0 Å². The molecular formula is C10H22N2. The second-order valence-corrected chi connectivity index (χ2v) is 3.96. The van der Waals surface area contributed by atoms with E-state index < -0.39 is 0 Å². The molecule has 12 heavy (non-hydrogen) atoms. The van der Waals surface area contributed by atoms with Gasteiger partial charge in [0.1, 0.15) is 0 Å². The van der Waals surface area contributed by atoms with E-state index in [4.69, 9.17) is 0 Å². The zero-order chi connectivity index (χ0) is 9.61. The van der Waals surface area contributed by atoms with Gasteiger partial charge in [-0.1, -0.05) is 34.6 Å². The molecular weight excluding hydrogens is 148 g/mol. The topological polar surface area (TPSA) is 24.4 Å². The molecule has 0 spiro atoms. The molecule has 1 aliphatic heterocycles. The fraction of sp³-hybridized carbons (Fsp3) is 0.900. The number of hydrazone groups is 1. The van der Waals surface area contributed by atoms with Crippen LogP contribution in [0, 0.1) is 11.3 Å². The highest BCUT2D eigenvalue weighted by Crippen LogP contribution is 2.24. The lowest BCUT2D eigenvalue weighted by Gasteiger charge is -2.23. The maximum atomic E-state index is 4.07. The molecule has 0 bridgehead atoms. The molecule has 1 heterocycles. The fourth-order valence-electron chi connectivity index (χ4n) is 1.44. The van der Waals surface area contributed by atoms with Crippen molar-refractivity contribution in [2.24, 2.45) is 16.4 Å². The Morgan fingerprint density at radius 2 is 2.00 bits per heavy atom. The summed E-state index contributed by atoms with van der Waals surface area (Å²) in [5, 5.41) is 4.07. The lowest BCUT2D eigenvalue weighted by Crippen LogP contribution is -2.25. The summed E-state index contributed by atoms with van der Waals surface area (Å²) >= 11 is 0. The summed E-state index contributed by atoms with van der Waals surface area (Å²) in [6.45, 7) is 11.7. The van der Waals surface area contributed by atoms with Crippen LogP contribution in [0.15, 0.2) is 5.10 Å². The maximum Gasteiger partial charge on any atom is 0.0380 e. The lowest BCUT2D eigenvalue weighted by molar-refractivity contribution is 0.306. The minimum Gasteiger partial charge on any atom is -0.310 e. The molecule has 1 N–H and O–H groups in total. The molecule has 0 aromatic rings. The molecule has 2 heteroatoms. The Kier molecular flexibility index (Phi) is 4.95. The first-order valence-corrected chi connectivity index (χ1v) is 4.86. The van der Waals surface area contributed by atoms with Crippen LogP contribution in [0.2, 0.25) is 0 Å². The third kappa shape index (κ3) is 4.37. The molecule has 0 aromatic carbocycles. The molecule has 1 rings (SSSR count). The number of nitrogens with one attached hydrogen (secondary N) is 1. The highest BCUT2D eigenvalue weighted by atomic mass is 15.3. The van der Waals surface area contributed by atoms with Crippen LogP contribution in [-0.4, -0.2) is 12.8 Å². The van der Waals surface area contributed by atoms with Gasteiger partial charge in [-0.3, -0.25) is 0 Å².